The first-order chi connectivity index (χ1) is 28.8. The minimum Gasteiger partial charge on any atom is -0.309 e. The summed E-state index contributed by atoms with van der Waals surface area (Å²) in [7, 11) is 0. The van der Waals surface area contributed by atoms with Crippen molar-refractivity contribution in [1.29, 1.82) is 0 Å². The highest BCUT2D eigenvalue weighted by Gasteiger charge is 2.21. The van der Waals surface area contributed by atoms with Gasteiger partial charge in [0.2, 0.25) is 0 Å². The Morgan fingerprint density at radius 2 is 0.862 bits per heavy atom. The predicted molar refractivity (Wildman–Crippen MR) is 242 cm³/mol. The minimum atomic E-state index is 0.844. The number of aromatic nitrogens is 4. The molecule has 9 aromatic carbocycles. The summed E-state index contributed by atoms with van der Waals surface area (Å²) in [5.74, 6) is 0. The smallest absolute Gasteiger partial charge is 0.0973 e. The molecule has 3 aromatic heterocycles. The highest BCUT2D eigenvalue weighted by Crippen LogP contribution is 2.42. The maximum atomic E-state index is 5.44. The lowest BCUT2D eigenvalue weighted by molar-refractivity contribution is 1.16. The van der Waals surface area contributed by atoms with Gasteiger partial charge in [-0.05, 0) is 76.5 Å². The number of nitrogens with zero attached hydrogens (tertiary/aromatic N) is 4. The molecule has 0 aliphatic rings. The van der Waals surface area contributed by atoms with E-state index in [1.165, 1.54) is 54.5 Å². The molecule has 12 rings (SSSR count). The zero-order valence-electron chi connectivity index (χ0n) is 31.4. The van der Waals surface area contributed by atoms with E-state index in [2.05, 4.69) is 209 Å². The van der Waals surface area contributed by atoms with Crippen molar-refractivity contribution in [3.8, 4) is 45.0 Å². The normalized spacial score (nSPS) is 11.8. The second-order valence-electron chi connectivity index (χ2n) is 15.0. The van der Waals surface area contributed by atoms with Gasteiger partial charge in [0.15, 0.2) is 0 Å². The lowest BCUT2D eigenvalue weighted by Crippen LogP contribution is -1.99. The third-order valence-electron chi connectivity index (χ3n) is 11.7. The van der Waals surface area contributed by atoms with E-state index in [0.717, 1.165) is 56.0 Å². The summed E-state index contributed by atoms with van der Waals surface area (Å²) in [6.45, 7) is 0. The van der Waals surface area contributed by atoms with Crippen LogP contribution in [-0.2, 0) is 0 Å². The van der Waals surface area contributed by atoms with Gasteiger partial charge in [-0.25, -0.2) is 9.97 Å². The quantitative estimate of drug-likeness (QED) is 0.176. The van der Waals surface area contributed by atoms with E-state index in [1.807, 2.05) is 6.07 Å². The van der Waals surface area contributed by atoms with Gasteiger partial charge in [-0.3, -0.25) is 0 Å². The molecule has 3 heterocycles. The van der Waals surface area contributed by atoms with E-state index in [-0.39, 0.29) is 0 Å². The maximum absolute atomic E-state index is 5.44. The Morgan fingerprint density at radius 3 is 1.64 bits per heavy atom. The van der Waals surface area contributed by atoms with Gasteiger partial charge in [0.05, 0.1) is 44.5 Å². The monoisotopic (exact) mass is 738 g/mol. The summed E-state index contributed by atoms with van der Waals surface area (Å²) >= 11 is 0. The van der Waals surface area contributed by atoms with Crippen LogP contribution in [0.1, 0.15) is 0 Å². The molecule has 0 aliphatic carbocycles. The standard InChI is InChI=1S/C54H34N4/c1-4-14-35(15-5-1)36-24-26-39(27-25-36)54-53(38-17-6-2-7-18-38)55-46-30-29-41(32-47(46)56-54)58-48-23-13-12-22-43(48)44-33-45-51(34-50(44)58)57(40-19-8-3-9-20-40)49-31-28-37-16-10-11-21-42(37)52(45)49/h1-34H. The molecule has 270 valence electrons. The zero-order valence-corrected chi connectivity index (χ0v) is 31.4. The number of hydrogen-bond acceptors (Lipinski definition) is 2. The summed E-state index contributed by atoms with van der Waals surface area (Å²) in [5.41, 5.74) is 14.7. The first-order valence-electron chi connectivity index (χ1n) is 19.7. The number of para-hydroxylation sites is 2. The molecule has 0 radical (unpaired) electrons. The van der Waals surface area contributed by atoms with Crippen LogP contribution in [0.4, 0.5) is 0 Å². The van der Waals surface area contributed by atoms with Crippen molar-refractivity contribution in [1.82, 2.24) is 19.1 Å². The van der Waals surface area contributed by atoms with Crippen LogP contribution in [0, 0.1) is 0 Å². The minimum absolute atomic E-state index is 0.844. The Kier molecular flexibility index (Phi) is 7.20. The average molecular weight is 739 g/mol. The maximum Gasteiger partial charge on any atom is 0.0973 e. The second-order valence-corrected chi connectivity index (χ2v) is 15.0. The van der Waals surface area contributed by atoms with Gasteiger partial charge in [0.25, 0.3) is 0 Å². The van der Waals surface area contributed by atoms with E-state index >= 15 is 0 Å². The van der Waals surface area contributed by atoms with E-state index in [0.29, 0.717) is 0 Å². The first kappa shape index (κ1) is 32.4. The Bertz CT molecular complexity index is 3530. The van der Waals surface area contributed by atoms with Crippen LogP contribution < -0.4 is 0 Å². The van der Waals surface area contributed by atoms with Crippen molar-refractivity contribution in [2.75, 3.05) is 0 Å². The number of rotatable bonds is 5. The molecule has 0 amide bonds. The van der Waals surface area contributed by atoms with Gasteiger partial charge >= 0.3 is 0 Å². The van der Waals surface area contributed by atoms with Crippen LogP contribution in [0.5, 0.6) is 0 Å². The third-order valence-corrected chi connectivity index (χ3v) is 11.7. The molecule has 0 N–H and O–H groups in total. The summed E-state index contributed by atoms with van der Waals surface area (Å²) in [6.07, 6.45) is 0. The zero-order chi connectivity index (χ0) is 38.2. The topological polar surface area (TPSA) is 35.6 Å². The lowest BCUT2D eigenvalue weighted by atomic mass is 10.00. The van der Waals surface area contributed by atoms with Crippen LogP contribution in [0.25, 0.3) is 110 Å². The molecular weight excluding hydrogens is 705 g/mol. The predicted octanol–water partition coefficient (Wildman–Crippen LogP) is 14.0. The Morgan fingerprint density at radius 1 is 0.293 bits per heavy atom. The van der Waals surface area contributed by atoms with E-state index in [4.69, 9.17) is 9.97 Å². The van der Waals surface area contributed by atoms with Gasteiger partial charge in [-0.1, -0.05) is 152 Å². The van der Waals surface area contributed by atoms with Crippen molar-refractivity contribution in [2.45, 2.75) is 0 Å². The summed E-state index contributed by atoms with van der Waals surface area (Å²) < 4.78 is 4.82. The van der Waals surface area contributed by atoms with E-state index in [9.17, 15) is 0 Å². The number of fused-ring (bicyclic) bond motifs is 9. The largest absolute Gasteiger partial charge is 0.309 e. The molecule has 0 saturated heterocycles. The van der Waals surface area contributed by atoms with Crippen molar-refractivity contribution < 1.29 is 0 Å². The van der Waals surface area contributed by atoms with Crippen LogP contribution in [-0.4, -0.2) is 19.1 Å². The fourth-order valence-electron chi connectivity index (χ4n) is 9.01. The van der Waals surface area contributed by atoms with Crippen molar-refractivity contribution in [2.24, 2.45) is 0 Å². The van der Waals surface area contributed by atoms with Crippen molar-refractivity contribution in [3.63, 3.8) is 0 Å². The average Bonchev–Trinajstić information content (AvgIpc) is 3.80. The van der Waals surface area contributed by atoms with E-state index in [1.54, 1.807) is 0 Å². The SMILES string of the molecule is c1ccc(-c2ccc(-c3nc4cc(-n5c6ccccc6c6cc7c8c9ccccc9ccc8n(-c8ccccc8)c7cc65)ccc4nc3-c3ccccc3)cc2)cc1. The molecule has 0 spiro atoms. The molecule has 0 aliphatic heterocycles. The second kappa shape index (κ2) is 12.9. The highest BCUT2D eigenvalue weighted by atomic mass is 15.0. The molecule has 58 heavy (non-hydrogen) atoms. The van der Waals surface area contributed by atoms with Crippen LogP contribution in [0.3, 0.4) is 0 Å². The van der Waals surface area contributed by atoms with Crippen LogP contribution in [0.2, 0.25) is 0 Å². The fraction of sp³-hybridized carbons (Fsp3) is 0. The summed E-state index contributed by atoms with van der Waals surface area (Å²) in [6, 6.07) is 73.6. The van der Waals surface area contributed by atoms with Gasteiger partial charge in [0, 0.05) is 44.0 Å². The van der Waals surface area contributed by atoms with Crippen LogP contribution >= 0.6 is 0 Å². The van der Waals surface area contributed by atoms with Gasteiger partial charge in [-0.2, -0.15) is 0 Å². The lowest BCUT2D eigenvalue weighted by Gasteiger charge is -2.13. The van der Waals surface area contributed by atoms with Gasteiger partial charge < -0.3 is 9.13 Å². The first-order valence-corrected chi connectivity index (χ1v) is 19.7. The molecule has 0 fully saturated rings. The number of benzene rings is 9. The molecule has 4 heteroatoms. The number of hydrogen-bond donors (Lipinski definition) is 0. The molecule has 12 aromatic rings. The molecule has 0 bridgehead atoms. The summed E-state index contributed by atoms with van der Waals surface area (Å²) in [5, 5.41) is 7.44. The summed E-state index contributed by atoms with van der Waals surface area (Å²) in [4.78, 5) is 10.7. The van der Waals surface area contributed by atoms with Gasteiger partial charge in [0.1, 0.15) is 0 Å². The van der Waals surface area contributed by atoms with Crippen molar-refractivity contribution in [3.05, 3.63) is 206 Å². The van der Waals surface area contributed by atoms with Crippen molar-refractivity contribution >= 4 is 65.4 Å². The Hall–Kier alpha value is -7.82. The van der Waals surface area contributed by atoms with E-state index < -0.39 is 0 Å². The molecule has 0 saturated carbocycles. The Balaban J connectivity index is 1.11. The fourth-order valence-corrected chi connectivity index (χ4v) is 9.01. The van der Waals surface area contributed by atoms with Crippen LogP contribution in [0.15, 0.2) is 206 Å². The molecule has 0 unspecified atom stereocenters. The highest BCUT2D eigenvalue weighted by molar-refractivity contribution is 6.25. The third kappa shape index (κ3) is 5.02. The molecule has 0 atom stereocenters. The Labute approximate surface area is 334 Å². The van der Waals surface area contributed by atoms with Gasteiger partial charge in [-0.15, -0.1) is 0 Å². The molecule has 4 nitrogen and oxygen atoms in total. The molecular formula is C54H34N4.